The molecule has 1 amide bonds. The van der Waals surface area contributed by atoms with E-state index in [1.165, 1.54) is 11.3 Å². The fourth-order valence-corrected chi connectivity index (χ4v) is 3.94. The number of rotatable bonds is 5. The van der Waals surface area contributed by atoms with Crippen LogP contribution in [0.15, 0.2) is 6.07 Å². The van der Waals surface area contributed by atoms with E-state index in [2.05, 4.69) is 10.3 Å². The lowest BCUT2D eigenvalue weighted by Gasteiger charge is -2.03. The first-order chi connectivity index (χ1) is 9.90. The summed E-state index contributed by atoms with van der Waals surface area (Å²) in [5.41, 5.74) is 8.36. The molecule has 0 saturated carbocycles. The fourth-order valence-electron chi connectivity index (χ4n) is 2.21. The van der Waals surface area contributed by atoms with Gasteiger partial charge in [0.05, 0.1) is 5.69 Å². The molecule has 114 valence electrons. The minimum Gasteiger partial charge on any atom is -0.397 e. The lowest BCUT2D eigenvalue weighted by Crippen LogP contribution is -2.25. The van der Waals surface area contributed by atoms with Crippen molar-refractivity contribution in [1.29, 1.82) is 0 Å². The molecule has 0 spiro atoms. The van der Waals surface area contributed by atoms with Crippen molar-refractivity contribution in [2.24, 2.45) is 0 Å². The Kier molecular flexibility index (Phi) is 4.95. The zero-order valence-electron chi connectivity index (χ0n) is 12.4. The standard InChI is InChI=1S/C14H19N3O2S2/c1-8-7-10-11(9(2)17-8)12(15)13(20-10)14(18)16-5-4-6-21(3)19/h7H,4-6,15H2,1-3H3,(H,16,18). The number of fused-ring (bicyclic) bond motifs is 1. The van der Waals surface area contributed by atoms with Gasteiger partial charge in [0.2, 0.25) is 0 Å². The van der Waals surface area contributed by atoms with Crippen LogP contribution in [-0.2, 0) is 10.8 Å². The minimum absolute atomic E-state index is 0.173. The van der Waals surface area contributed by atoms with Crippen LogP contribution in [0.1, 0.15) is 27.5 Å². The van der Waals surface area contributed by atoms with Gasteiger partial charge < -0.3 is 11.1 Å². The molecule has 1 atom stereocenters. The number of hydrogen-bond acceptors (Lipinski definition) is 5. The zero-order chi connectivity index (χ0) is 15.6. The Hall–Kier alpha value is -1.47. The Bertz CT molecular complexity index is 710. The molecule has 0 saturated heterocycles. The van der Waals surface area contributed by atoms with Crippen LogP contribution in [0, 0.1) is 13.8 Å². The molecule has 7 heteroatoms. The van der Waals surface area contributed by atoms with Crippen molar-refractivity contribution in [3.63, 3.8) is 0 Å². The Morgan fingerprint density at radius 2 is 2.19 bits per heavy atom. The van der Waals surface area contributed by atoms with Crippen molar-refractivity contribution >= 4 is 43.8 Å². The van der Waals surface area contributed by atoms with Gasteiger partial charge in [-0.1, -0.05) is 0 Å². The first-order valence-electron chi connectivity index (χ1n) is 6.64. The molecule has 2 aromatic rings. The Morgan fingerprint density at radius 1 is 1.48 bits per heavy atom. The molecule has 1 unspecified atom stereocenters. The summed E-state index contributed by atoms with van der Waals surface area (Å²) >= 11 is 1.39. The molecule has 21 heavy (non-hydrogen) atoms. The maximum absolute atomic E-state index is 12.2. The van der Waals surface area contributed by atoms with Crippen LogP contribution >= 0.6 is 11.3 Å². The summed E-state index contributed by atoms with van der Waals surface area (Å²) in [5, 5.41) is 3.69. The second-order valence-corrected chi connectivity index (χ2v) is 7.56. The Labute approximate surface area is 130 Å². The van der Waals surface area contributed by atoms with Crippen LogP contribution < -0.4 is 11.1 Å². The number of nitrogens with two attached hydrogens (primary N) is 1. The molecular weight excluding hydrogens is 306 g/mol. The van der Waals surface area contributed by atoms with E-state index in [9.17, 15) is 9.00 Å². The molecule has 2 heterocycles. The molecule has 0 aromatic carbocycles. The number of nitrogens with one attached hydrogen (secondary N) is 1. The van der Waals surface area contributed by atoms with Crippen molar-refractivity contribution in [3.8, 4) is 0 Å². The molecule has 0 aliphatic carbocycles. The summed E-state index contributed by atoms with van der Waals surface area (Å²) in [7, 11) is -0.829. The molecular formula is C14H19N3O2S2. The van der Waals surface area contributed by atoms with Crippen molar-refractivity contribution in [1.82, 2.24) is 10.3 Å². The van der Waals surface area contributed by atoms with Crippen LogP contribution in [0.5, 0.6) is 0 Å². The highest BCUT2D eigenvalue weighted by Gasteiger charge is 2.18. The number of carbonyl (C=O) groups is 1. The van der Waals surface area contributed by atoms with Crippen molar-refractivity contribution in [2.75, 3.05) is 24.3 Å². The number of anilines is 1. The molecule has 2 rings (SSSR count). The highest BCUT2D eigenvalue weighted by molar-refractivity contribution is 7.84. The zero-order valence-corrected chi connectivity index (χ0v) is 14.0. The van der Waals surface area contributed by atoms with Crippen LogP contribution in [0.4, 0.5) is 5.69 Å². The second kappa shape index (κ2) is 6.53. The number of amides is 1. The van der Waals surface area contributed by atoms with Gasteiger partial charge in [0, 0.05) is 50.8 Å². The fraction of sp³-hybridized carbons (Fsp3) is 0.429. The third-order valence-electron chi connectivity index (χ3n) is 3.12. The molecule has 0 fully saturated rings. The van der Waals surface area contributed by atoms with Crippen molar-refractivity contribution in [2.45, 2.75) is 20.3 Å². The van der Waals surface area contributed by atoms with Gasteiger partial charge in [-0.25, -0.2) is 0 Å². The SMILES string of the molecule is Cc1cc2sc(C(=O)NCCCS(C)=O)c(N)c2c(C)n1. The van der Waals surface area contributed by atoms with E-state index in [-0.39, 0.29) is 5.91 Å². The lowest BCUT2D eigenvalue weighted by molar-refractivity contribution is 0.0958. The number of aromatic nitrogens is 1. The van der Waals surface area contributed by atoms with E-state index in [1.807, 2.05) is 19.9 Å². The van der Waals surface area contributed by atoms with E-state index in [0.29, 0.717) is 29.3 Å². The predicted molar refractivity (Wildman–Crippen MR) is 89.4 cm³/mol. The number of carbonyl (C=O) groups excluding carboxylic acids is 1. The third kappa shape index (κ3) is 3.59. The monoisotopic (exact) mass is 325 g/mol. The Morgan fingerprint density at radius 3 is 2.86 bits per heavy atom. The summed E-state index contributed by atoms with van der Waals surface area (Å²) in [6.07, 6.45) is 2.35. The van der Waals surface area contributed by atoms with Gasteiger partial charge >= 0.3 is 0 Å². The average molecular weight is 325 g/mol. The molecule has 0 bridgehead atoms. The van der Waals surface area contributed by atoms with Gasteiger partial charge in [-0.15, -0.1) is 11.3 Å². The van der Waals surface area contributed by atoms with Gasteiger partial charge in [-0.2, -0.15) is 0 Å². The van der Waals surface area contributed by atoms with Gasteiger partial charge in [-0.3, -0.25) is 14.0 Å². The summed E-state index contributed by atoms with van der Waals surface area (Å²) in [4.78, 5) is 17.1. The molecule has 2 aromatic heterocycles. The second-order valence-electron chi connectivity index (χ2n) is 4.95. The number of nitrogen functional groups attached to an aromatic ring is 1. The highest BCUT2D eigenvalue weighted by atomic mass is 32.2. The van der Waals surface area contributed by atoms with Gasteiger partial charge in [0.1, 0.15) is 4.88 Å². The minimum atomic E-state index is -0.829. The first kappa shape index (κ1) is 15.9. The van der Waals surface area contributed by atoms with E-state index < -0.39 is 10.8 Å². The maximum Gasteiger partial charge on any atom is 0.263 e. The Balaban J connectivity index is 2.18. The molecule has 0 aliphatic heterocycles. The third-order valence-corrected chi connectivity index (χ3v) is 5.13. The van der Waals surface area contributed by atoms with E-state index in [4.69, 9.17) is 5.73 Å². The molecule has 3 N–H and O–H groups in total. The number of pyridine rings is 1. The van der Waals surface area contributed by atoms with Crippen LogP contribution in [0.3, 0.4) is 0 Å². The molecule has 0 radical (unpaired) electrons. The summed E-state index contributed by atoms with van der Waals surface area (Å²) in [5.74, 6) is 0.414. The topological polar surface area (TPSA) is 85.1 Å². The quantitative estimate of drug-likeness (QED) is 0.823. The van der Waals surface area contributed by atoms with Gasteiger partial charge in [0.25, 0.3) is 5.91 Å². The van der Waals surface area contributed by atoms with E-state index >= 15 is 0 Å². The first-order valence-corrected chi connectivity index (χ1v) is 9.19. The smallest absolute Gasteiger partial charge is 0.263 e. The van der Waals surface area contributed by atoms with Gasteiger partial charge in [-0.05, 0) is 26.3 Å². The maximum atomic E-state index is 12.2. The number of thiophene rings is 1. The van der Waals surface area contributed by atoms with Gasteiger partial charge in [0.15, 0.2) is 0 Å². The molecule has 5 nitrogen and oxygen atoms in total. The largest absolute Gasteiger partial charge is 0.397 e. The summed E-state index contributed by atoms with van der Waals surface area (Å²) in [6, 6.07) is 1.94. The van der Waals surface area contributed by atoms with Crippen LogP contribution in [-0.4, -0.2) is 33.7 Å². The van der Waals surface area contributed by atoms with E-state index in [0.717, 1.165) is 21.5 Å². The number of nitrogens with zero attached hydrogens (tertiary/aromatic N) is 1. The highest BCUT2D eigenvalue weighted by Crippen LogP contribution is 2.35. The lowest BCUT2D eigenvalue weighted by atomic mass is 10.2. The number of hydrogen-bond donors (Lipinski definition) is 2. The van der Waals surface area contributed by atoms with Crippen molar-refractivity contribution < 1.29 is 9.00 Å². The number of aryl methyl sites for hydroxylation is 2. The molecule has 0 aliphatic rings. The predicted octanol–water partition coefficient (Wildman–Crippen LogP) is 1.99. The average Bonchev–Trinajstić information content (AvgIpc) is 2.71. The summed E-state index contributed by atoms with van der Waals surface area (Å²) < 4.78 is 12.0. The van der Waals surface area contributed by atoms with Crippen molar-refractivity contribution in [3.05, 3.63) is 22.3 Å². The van der Waals surface area contributed by atoms with E-state index in [1.54, 1.807) is 6.26 Å². The normalized spacial score (nSPS) is 12.5. The van der Waals surface area contributed by atoms with Crippen LogP contribution in [0.2, 0.25) is 0 Å². The summed E-state index contributed by atoms with van der Waals surface area (Å²) in [6.45, 7) is 4.33. The van der Waals surface area contributed by atoms with Crippen LogP contribution in [0.25, 0.3) is 10.1 Å².